The van der Waals surface area contributed by atoms with Crippen molar-refractivity contribution in [2.45, 2.75) is 43.1 Å². The lowest BCUT2D eigenvalue weighted by atomic mass is 10.2. The number of nitrogens with zero attached hydrogens (tertiary/aromatic N) is 5. The van der Waals surface area contributed by atoms with Crippen LogP contribution in [-0.4, -0.2) is 24.1 Å². The van der Waals surface area contributed by atoms with E-state index in [-0.39, 0.29) is 0 Å². The van der Waals surface area contributed by atoms with Crippen molar-refractivity contribution >= 4 is 29.0 Å². The fraction of sp³-hybridized carbons (Fsp3) is 0.400. The number of rotatable bonds is 3. The van der Waals surface area contributed by atoms with E-state index in [4.69, 9.17) is 11.6 Å². The smallest absolute Gasteiger partial charge is 0.191 e. The third kappa shape index (κ3) is 2.73. The van der Waals surface area contributed by atoms with E-state index < -0.39 is 0 Å². The van der Waals surface area contributed by atoms with Gasteiger partial charge in [-0.15, -0.1) is 10.2 Å². The highest BCUT2D eigenvalue weighted by Gasteiger charge is 2.15. The van der Waals surface area contributed by atoms with Gasteiger partial charge in [0, 0.05) is 31.1 Å². The molecule has 0 unspecified atom stereocenters. The first-order chi connectivity index (χ1) is 10.8. The molecule has 0 radical (unpaired) electrons. The molecule has 3 aromatic rings. The van der Waals surface area contributed by atoms with Crippen LogP contribution in [0.3, 0.4) is 0 Å². The Bertz CT molecular complexity index is 809. The average Bonchev–Trinajstić information content (AvgIpc) is 3.01. The number of hydrogen-bond acceptors (Lipinski definition) is 4. The molecule has 0 aliphatic carbocycles. The summed E-state index contributed by atoms with van der Waals surface area (Å²) in [7, 11) is 0. The Morgan fingerprint density at radius 3 is 3.05 bits per heavy atom. The fourth-order valence-electron chi connectivity index (χ4n) is 2.79. The van der Waals surface area contributed by atoms with Crippen LogP contribution in [0.5, 0.6) is 0 Å². The Balaban J connectivity index is 1.53. The molecule has 0 bridgehead atoms. The molecule has 0 saturated heterocycles. The highest BCUT2D eigenvalue weighted by molar-refractivity contribution is 7.98. The van der Waals surface area contributed by atoms with Crippen molar-refractivity contribution in [3.05, 3.63) is 41.1 Å². The molecule has 22 heavy (non-hydrogen) atoms. The predicted molar refractivity (Wildman–Crippen MR) is 87.3 cm³/mol. The van der Waals surface area contributed by atoms with Crippen molar-refractivity contribution in [3.8, 4) is 0 Å². The summed E-state index contributed by atoms with van der Waals surface area (Å²) in [5.41, 5.74) is 1.94. The van der Waals surface area contributed by atoms with Gasteiger partial charge in [0.1, 0.15) is 11.5 Å². The van der Waals surface area contributed by atoms with Gasteiger partial charge in [0.15, 0.2) is 5.16 Å². The normalized spacial score (nSPS) is 15.0. The monoisotopic (exact) mass is 333 g/mol. The number of pyridine rings is 1. The Morgan fingerprint density at radius 1 is 1.14 bits per heavy atom. The third-order valence-corrected chi connectivity index (χ3v) is 5.11. The highest BCUT2D eigenvalue weighted by atomic mass is 35.5. The van der Waals surface area contributed by atoms with Crippen LogP contribution in [0.25, 0.3) is 5.65 Å². The molecule has 0 spiro atoms. The summed E-state index contributed by atoms with van der Waals surface area (Å²) < 4.78 is 4.23. The summed E-state index contributed by atoms with van der Waals surface area (Å²) in [5.74, 6) is 1.92. The summed E-state index contributed by atoms with van der Waals surface area (Å²) in [6.45, 7) is 1.03. The molecule has 0 atom stereocenters. The lowest BCUT2D eigenvalue weighted by Crippen LogP contribution is -2.02. The van der Waals surface area contributed by atoms with Crippen LogP contribution in [0.15, 0.2) is 29.7 Å². The first kappa shape index (κ1) is 14.1. The molecule has 0 fully saturated rings. The van der Waals surface area contributed by atoms with Gasteiger partial charge in [0.25, 0.3) is 0 Å². The second-order valence-electron chi connectivity index (χ2n) is 5.49. The minimum Gasteiger partial charge on any atom is -0.306 e. The summed E-state index contributed by atoms with van der Waals surface area (Å²) in [4.78, 5) is 4.61. The number of halogens is 1. The number of imidazole rings is 1. The molecule has 4 rings (SSSR count). The zero-order valence-corrected chi connectivity index (χ0v) is 13.6. The molecule has 0 saturated carbocycles. The van der Waals surface area contributed by atoms with Gasteiger partial charge in [-0.25, -0.2) is 4.98 Å². The van der Waals surface area contributed by atoms with Crippen molar-refractivity contribution in [3.63, 3.8) is 0 Å². The molecule has 1 aliphatic heterocycles. The molecule has 114 valence electrons. The van der Waals surface area contributed by atoms with Gasteiger partial charge in [-0.05, 0) is 25.0 Å². The SMILES string of the molecule is Clc1ccc2nc(CSc3nnc4n3CCCCC4)cn2c1. The van der Waals surface area contributed by atoms with E-state index in [1.54, 1.807) is 11.8 Å². The zero-order valence-electron chi connectivity index (χ0n) is 12.1. The van der Waals surface area contributed by atoms with Crippen LogP contribution in [0.1, 0.15) is 30.8 Å². The summed E-state index contributed by atoms with van der Waals surface area (Å²) in [6, 6.07) is 3.79. The van der Waals surface area contributed by atoms with Gasteiger partial charge in [0.2, 0.25) is 0 Å². The molecular weight excluding hydrogens is 318 g/mol. The molecular formula is C15H16ClN5S. The lowest BCUT2D eigenvalue weighted by molar-refractivity contribution is 0.591. The molecule has 0 aromatic carbocycles. The molecule has 1 aliphatic rings. The van der Waals surface area contributed by atoms with Gasteiger partial charge in [-0.1, -0.05) is 29.8 Å². The maximum atomic E-state index is 6.01. The Morgan fingerprint density at radius 2 is 2.09 bits per heavy atom. The topological polar surface area (TPSA) is 48.0 Å². The van der Waals surface area contributed by atoms with E-state index in [0.717, 1.165) is 41.0 Å². The lowest BCUT2D eigenvalue weighted by Gasteiger charge is -2.05. The standard InChI is InChI=1S/C15H16ClN5S/c16-11-5-6-13-17-12(9-20(13)8-11)10-22-15-19-18-14-4-2-1-3-7-21(14)15/h5-6,8-9H,1-4,7,10H2. The van der Waals surface area contributed by atoms with E-state index in [9.17, 15) is 0 Å². The van der Waals surface area contributed by atoms with Gasteiger partial charge in [-0.2, -0.15) is 0 Å². The first-order valence-corrected chi connectivity index (χ1v) is 8.84. The second kappa shape index (κ2) is 5.93. The molecule has 0 amide bonds. The number of hydrogen-bond donors (Lipinski definition) is 0. The van der Waals surface area contributed by atoms with Crippen LogP contribution in [0, 0.1) is 0 Å². The van der Waals surface area contributed by atoms with Gasteiger partial charge in [0.05, 0.1) is 10.7 Å². The number of thioether (sulfide) groups is 1. The van der Waals surface area contributed by atoms with E-state index in [1.807, 2.05) is 28.9 Å². The van der Waals surface area contributed by atoms with E-state index in [1.165, 1.54) is 19.3 Å². The van der Waals surface area contributed by atoms with Crippen molar-refractivity contribution in [1.82, 2.24) is 24.1 Å². The Hall–Kier alpha value is -1.53. The van der Waals surface area contributed by atoms with Crippen molar-refractivity contribution < 1.29 is 0 Å². The molecule has 3 aromatic heterocycles. The molecule has 0 N–H and O–H groups in total. The third-order valence-electron chi connectivity index (χ3n) is 3.89. The maximum Gasteiger partial charge on any atom is 0.191 e. The van der Waals surface area contributed by atoms with Gasteiger partial charge < -0.3 is 8.97 Å². The second-order valence-corrected chi connectivity index (χ2v) is 6.87. The maximum absolute atomic E-state index is 6.01. The van der Waals surface area contributed by atoms with Gasteiger partial charge in [-0.3, -0.25) is 0 Å². The number of aryl methyl sites for hydroxylation is 1. The number of fused-ring (bicyclic) bond motifs is 2. The molecule has 4 heterocycles. The van der Waals surface area contributed by atoms with E-state index in [0.29, 0.717) is 5.02 Å². The van der Waals surface area contributed by atoms with Crippen LogP contribution in [0.4, 0.5) is 0 Å². The summed E-state index contributed by atoms with van der Waals surface area (Å²) in [6.07, 6.45) is 8.65. The highest BCUT2D eigenvalue weighted by Crippen LogP contribution is 2.25. The minimum absolute atomic E-state index is 0.715. The molecule has 7 heteroatoms. The summed E-state index contributed by atoms with van der Waals surface area (Å²) >= 11 is 7.71. The molecule has 5 nitrogen and oxygen atoms in total. The van der Waals surface area contributed by atoms with Gasteiger partial charge >= 0.3 is 0 Å². The van der Waals surface area contributed by atoms with Crippen molar-refractivity contribution in [2.75, 3.05) is 0 Å². The largest absolute Gasteiger partial charge is 0.306 e. The van der Waals surface area contributed by atoms with Crippen LogP contribution in [-0.2, 0) is 18.7 Å². The minimum atomic E-state index is 0.715. The Labute approximate surface area is 137 Å². The summed E-state index contributed by atoms with van der Waals surface area (Å²) in [5, 5.41) is 10.4. The van der Waals surface area contributed by atoms with Crippen LogP contribution in [0.2, 0.25) is 5.02 Å². The Kier molecular flexibility index (Phi) is 3.80. The van der Waals surface area contributed by atoms with Crippen LogP contribution >= 0.6 is 23.4 Å². The van der Waals surface area contributed by atoms with E-state index >= 15 is 0 Å². The average molecular weight is 334 g/mol. The van der Waals surface area contributed by atoms with Crippen molar-refractivity contribution in [1.29, 1.82) is 0 Å². The van der Waals surface area contributed by atoms with E-state index in [2.05, 4.69) is 19.7 Å². The zero-order chi connectivity index (χ0) is 14.9. The van der Waals surface area contributed by atoms with Crippen molar-refractivity contribution in [2.24, 2.45) is 0 Å². The van der Waals surface area contributed by atoms with Crippen LogP contribution < -0.4 is 0 Å². The fourth-order valence-corrected chi connectivity index (χ4v) is 3.83. The quantitative estimate of drug-likeness (QED) is 0.687. The predicted octanol–water partition coefficient (Wildman–Crippen LogP) is 3.60. The number of aromatic nitrogens is 5. The first-order valence-electron chi connectivity index (χ1n) is 7.47.